The van der Waals surface area contributed by atoms with Crippen LogP contribution in [0, 0.1) is 5.92 Å². The van der Waals surface area contributed by atoms with E-state index in [0.29, 0.717) is 0 Å². The summed E-state index contributed by atoms with van der Waals surface area (Å²) in [6.45, 7) is 4.37. The normalized spacial score (nSPS) is 16.3. The van der Waals surface area contributed by atoms with Gasteiger partial charge in [0.1, 0.15) is 0 Å². The molecule has 0 saturated heterocycles. The van der Waals surface area contributed by atoms with Gasteiger partial charge in [0.05, 0.1) is 6.10 Å². The minimum absolute atomic E-state index is 0.209. The molecule has 0 amide bonds. The maximum absolute atomic E-state index is 8.80. The van der Waals surface area contributed by atoms with Gasteiger partial charge in [0.2, 0.25) is 0 Å². The highest BCUT2D eigenvalue weighted by molar-refractivity contribution is 4.92. The van der Waals surface area contributed by atoms with E-state index in [1.807, 2.05) is 13.0 Å². The van der Waals surface area contributed by atoms with Crippen LogP contribution in [0.15, 0.2) is 12.2 Å². The summed E-state index contributed by atoms with van der Waals surface area (Å²) in [6, 6.07) is 0. The molecule has 2 nitrogen and oxygen atoms in total. The van der Waals surface area contributed by atoms with Crippen LogP contribution in [0.4, 0.5) is 0 Å². The number of aliphatic hydroxyl groups excluding tert-OH is 1. The number of hydrogen-bond donors (Lipinski definition) is 1. The summed E-state index contributed by atoms with van der Waals surface area (Å²) in [6.07, 6.45) is 7.75. The first-order chi connectivity index (χ1) is 6.24. The Hall–Kier alpha value is -0.340. The molecule has 0 spiro atoms. The topological polar surface area (TPSA) is 29.5 Å². The van der Waals surface area contributed by atoms with Gasteiger partial charge in [-0.05, 0) is 12.3 Å². The van der Waals surface area contributed by atoms with Gasteiger partial charge in [-0.15, -0.1) is 0 Å². The fraction of sp³-hybridized carbons (Fsp3) is 0.818. The molecule has 0 aromatic heterocycles. The zero-order valence-electron chi connectivity index (χ0n) is 8.99. The van der Waals surface area contributed by atoms with E-state index in [2.05, 4.69) is 13.0 Å². The highest BCUT2D eigenvalue weighted by atomic mass is 16.5. The molecule has 0 aromatic rings. The van der Waals surface area contributed by atoms with Crippen LogP contribution >= 0.6 is 0 Å². The molecular weight excluding hydrogens is 164 g/mol. The number of methoxy groups -OCH3 is 1. The molecule has 0 radical (unpaired) electrons. The largest absolute Gasteiger partial charge is 0.396 e. The number of ether oxygens (including phenoxy) is 1. The first-order valence-electron chi connectivity index (χ1n) is 5.06. The van der Waals surface area contributed by atoms with Crippen molar-refractivity contribution in [2.24, 2.45) is 5.92 Å². The van der Waals surface area contributed by atoms with Gasteiger partial charge in [0, 0.05) is 13.7 Å². The van der Waals surface area contributed by atoms with Crippen LogP contribution < -0.4 is 0 Å². The number of rotatable bonds is 7. The lowest BCUT2D eigenvalue weighted by Crippen LogP contribution is -2.07. The van der Waals surface area contributed by atoms with Crippen LogP contribution in [0.3, 0.4) is 0 Å². The second-order valence-electron chi connectivity index (χ2n) is 3.46. The fourth-order valence-corrected chi connectivity index (χ4v) is 1.07. The van der Waals surface area contributed by atoms with Crippen molar-refractivity contribution in [1.29, 1.82) is 0 Å². The van der Waals surface area contributed by atoms with Crippen molar-refractivity contribution in [2.75, 3.05) is 13.7 Å². The van der Waals surface area contributed by atoms with Crippen LogP contribution in [0.2, 0.25) is 0 Å². The van der Waals surface area contributed by atoms with E-state index >= 15 is 0 Å². The van der Waals surface area contributed by atoms with Gasteiger partial charge < -0.3 is 9.84 Å². The minimum Gasteiger partial charge on any atom is -0.396 e. The predicted octanol–water partition coefficient (Wildman–Crippen LogP) is 2.38. The van der Waals surface area contributed by atoms with Gasteiger partial charge >= 0.3 is 0 Å². The van der Waals surface area contributed by atoms with Gasteiger partial charge in [-0.2, -0.15) is 0 Å². The van der Waals surface area contributed by atoms with Crippen LogP contribution in [0.25, 0.3) is 0 Å². The second kappa shape index (κ2) is 8.27. The van der Waals surface area contributed by atoms with E-state index in [0.717, 1.165) is 6.42 Å². The van der Waals surface area contributed by atoms with E-state index in [1.165, 1.54) is 12.8 Å². The standard InChI is InChI=1S/C11H22O2/c1-4-5-6-11(13-3)8-7-10(2)9-12/h7-8,10-12H,4-6,9H2,1-3H3/b8-7+. The van der Waals surface area contributed by atoms with Crippen LogP contribution in [0.5, 0.6) is 0 Å². The predicted molar refractivity (Wildman–Crippen MR) is 55.7 cm³/mol. The average Bonchev–Trinajstić information content (AvgIpc) is 2.17. The average molecular weight is 186 g/mol. The number of aliphatic hydroxyl groups is 1. The van der Waals surface area contributed by atoms with Crippen molar-refractivity contribution in [2.45, 2.75) is 39.2 Å². The summed E-state index contributed by atoms with van der Waals surface area (Å²) in [5, 5.41) is 8.80. The molecule has 0 fully saturated rings. The molecule has 0 aromatic carbocycles. The van der Waals surface area contributed by atoms with Crippen LogP contribution in [-0.2, 0) is 4.74 Å². The molecular formula is C11H22O2. The highest BCUT2D eigenvalue weighted by Gasteiger charge is 2.02. The summed E-state index contributed by atoms with van der Waals surface area (Å²) in [5.41, 5.74) is 0. The third-order valence-electron chi connectivity index (χ3n) is 2.09. The minimum atomic E-state index is 0.209. The van der Waals surface area contributed by atoms with Gasteiger partial charge in [-0.25, -0.2) is 0 Å². The van der Waals surface area contributed by atoms with Gasteiger partial charge in [-0.3, -0.25) is 0 Å². The summed E-state index contributed by atoms with van der Waals surface area (Å²) >= 11 is 0. The van der Waals surface area contributed by atoms with Crippen LogP contribution in [0.1, 0.15) is 33.1 Å². The zero-order valence-corrected chi connectivity index (χ0v) is 8.99. The Bertz CT molecular complexity index is 132. The second-order valence-corrected chi connectivity index (χ2v) is 3.46. The highest BCUT2D eigenvalue weighted by Crippen LogP contribution is 2.07. The molecule has 0 bridgehead atoms. The Morgan fingerprint density at radius 2 is 2.08 bits per heavy atom. The number of hydrogen-bond acceptors (Lipinski definition) is 2. The lowest BCUT2D eigenvalue weighted by atomic mass is 10.1. The van der Waals surface area contributed by atoms with Crippen molar-refractivity contribution < 1.29 is 9.84 Å². The lowest BCUT2D eigenvalue weighted by molar-refractivity contribution is 0.130. The van der Waals surface area contributed by atoms with E-state index in [-0.39, 0.29) is 18.6 Å². The van der Waals surface area contributed by atoms with Crippen molar-refractivity contribution in [3.8, 4) is 0 Å². The molecule has 13 heavy (non-hydrogen) atoms. The van der Waals surface area contributed by atoms with Crippen molar-refractivity contribution in [1.82, 2.24) is 0 Å². The first kappa shape index (κ1) is 12.7. The molecule has 2 unspecified atom stereocenters. The molecule has 0 rings (SSSR count). The molecule has 78 valence electrons. The molecule has 2 atom stereocenters. The summed E-state index contributed by atoms with van der Waals surface area (Å²) in [7, 11) is 1.73. The van der Waals surface area contributed by atoms with E-state index < -0.39 is 0 Å². The van der Waals surface area contributed by atoms with Crippen molar-refractivity contribution in [3.63, 3.8) is 0 Å². The van der Waals surface area contributed by atoms with Crippen molar-refractivity contribution >= 4 is 0 Å². The van der Waals surface area contributed by atoms with E-state index in [4.69, 9.17) is 9.84 Å². The first-order valence-corrected chi connectivity index (χ1v) is 5.06. The molecule has 0 heterocycles. The third-order valence-corrected chi connectivity index (χ3v) is 2.09. The Morgan fingerprint density at radius 1 is 1.38 bits per heavy atom. The smallest absolute Gasteiger partial charge is 0.0752 e. The Morgan fingerprint density at radius 3 is 2.54 bits per heavy atom. The van der Waals surface area contributed by atoms with Gasteiger partial charge in [-0.1, -0.05) is 38.8 Å². The molecule has 0 saturated carbocycles. The fourth-order valence-electron chi connectivity index (χ4n) is 1.07. The lowest BCUT2D eigenvalue weighted by Gasteiger charge is -2.10. The van der Waals surface area contributed by atoms with E-state index in [9.17, 15) is 0 Å². The summed E-state index contributed by atoms with van der Waals surface area (Å²) in [5.74, 6) is 0.235. The molecule has 2 heteroatoms. The molecule has 0 aliphatic rings. The van der Waals surface area contributed by atoms with Crippen molar-refractivity contribution in [3.05, 3.63) is 12.2 Å². The van der Waals surface area contributed by atoms with Crippen LogP contribution in [-0.4, -0.2) is 24.9 Å². The Labute approximate surface area is 81.6 Å². The zero-order chi connectivity index (χ0) is 10.1. The SMILES string of the molecule is CCCCC(/C=C/C(C)CO)OC. The maximum Gasteiger partial charge on any atom is 0.0752 e. The van der Waals surface area contributed by atoms with Gasteiger partial charge in [0.25, 0.3) is 0 Å². The summed E-state index contributed by atoms with van der Waals surface area (Å²) < 4.78 is 5.28. The van der Waals surface area contributed by atoms with Gasteiger partial charge in [0.15, 0.2) is 0 Å². The maximum atomic E-state index is 8.80. The third kappa shape index (κ3) is 6.79. The monoisotopic (exact) mass is 186 g/mol. The Balaban J connectivity index is 3.74. The van der Waals surface area contributed by atoms with E-state index in [1.54, 1.807) is 7.11 Å². The molecule has 0 aliphatic carbocycles. The Kier molecular flexibility index (Phi) is 8.05. The summed E-state index contributed by atoms with van der Waals surface area (Å²) in [4.78, 5) is 0. The molecule has 0 aliphatic heterocycles. The number of unbranched alkanes of at least 4 members (excludes halogenated alkanes) is 1. The molecule has 1 N–H and O–H groups in total. The quantitative estimate of drug-likeness (QED) is 0.618.